The molecule has 0 radical (unpaired) electrons. The number of anilines is 1. The summed E-state index contributed by atoms with van der Waals surface area (Å²) in [6, 6.07) is 11.8. The molecule has 2 amide bonds. The van der Waals surface area contributed by atoms with E-state index in [9.17, 15) is 4.79 Å². The van der Waals surface area contributed by atoms with E-state index in [0.29, 0.717) is 19.6 Å². The van der Waals surface area contributed by atoms with Crippen molar-refractivity contribution in [2.75, 3.05) is 18.0 Å². The van der Waals surface area contributed by atoms with Gasteiger partial charge in [0.15, 0.2) is 0 Å². The molecular formula is C21H25N7O. The normalized spacial score (nSPS) is 13.4. The largest absolute Gasteiger partial charge is 0.357 e. The van der Waals surface area contributed by atoms with Crippen LogP contribution in [0.2, 0.25) is 0 Å². The summed E-state index contributed by atoms with van der Waals surface area (Å²) in [6.07, 6.45) is 7.43. The van der Waals surface area contributed by atoms with Gasteiger partial charge in [-0.25, -0.2) is 19.4 Å². The summed E-state index contributed by atoms with van der Waals surface area (Å²) in [5.41, 5.74) is 3.20. The number of aromatic nitrogens is 4. The molecule has 0 aliphatic carbocycles. The van der Waals surface area contributed by atoms with Crippen LogP contribution in [-0.4, -0.2) is 38.9 Å². The Morgan fingerprint density at radius 2 is 1.83 bits per heavy atom. The Balaban J connectivity index is 1.29. The van der Waals surface area contributed by atoms with Crippen LogP contribution < -0.4 is 15.5 Å². The molecule has 0 bridgehead atoms. The zero-order valence-corrected chi connectivity index (χ0v) is 16.3. The molecule has 1 aliphatic heterocycles. The first-order chi connectivity index (χ1) is 14.3. The Morgan fingerprint density at radius 3 is 2.62 bits per heavy atom. The van der Waals surface area contributed by atoms with E-state index >= 15 is 0 Å². The van der Waals surface area contributed by atoms with Crippen molar-refractivity contribution in [3.63, 3.8) is 0 Å². The lowest BCUT2D eigenvalue weighted by Crippen LogP contribution is -2.34. The van der Waals surface area contributed by atoms with E-state index in [0.717, 1.165) is 35.6 Å². The zero-order chi connectivity index (χ0) is 19.9. The maximum absolute atomic E-state index is 12.3. The third-order valence-electron chi connectivity index (χ3n) is 5.05. The highest BCUT2D eigenvalue weighted by atomic mass is 16.2. The molecule has 3 heterocycles. The molecule has 29 heavy (non-hydrogen) atoms. The second-order valence-electron chi connectivity index (χ2n) is 7.11. The highest BCUT2D eigenvalue weighted by Gasteiger charge is 2.13. The fourth-order valence-electron chi connectivity index (χ4n) is 3.48. The fraction of sp³-hybridized carbons (Fsp3) is 0.333. The number of urea groups is 1. The molecule has 1 fully saturated rings. The van der Waals surface area contributed by atoms with E-state index in [1.54, 1.807) is 11.0 Å². The van der Waals surface area contributed by atoms with Crippen LogP contribution in [0.4, 0.5) is 10.6 Å². The lowest BCUT2D eigenvalue weighted by Gasteiger charge is -2.17. The van der Waals surface area contributed by atoms with E-state index in [2.05, 4.69) is 36.7 Å². The molecule has 0 saturated carbocycles. The molecule has 0 spiro atoms. The average molecular weight is 391 g/mol. The molecule has 4 rings (SSSR count). The first-order valence-corrected chi connectivity index (χ1v) is 9.89. The average Bonchev–Trinajstić information content (AvgIpc) is 3.46. The Morgan fingerprint density at radius 1 is 1.03 bits per heavy atom. The molecule has 8 nitrogen and oxygen atoms in total. The first kappa shape index (κ1) is 18.9. The van der Waals surface area contributed by atoms with E-state index in [1.807, 2.05) is 36.5 Å². The third-order valence-corrected chi connectivity index (χ3v) is 5.05. The summed E-state index contributed by atoms with van der Waals surface area (Å²) < 4.78 is 1.76. The number of amides is 2. The number of benzene rings is 1. The van der Waals surface area contributed by atoms with Crippen molar-refractivity contribution in [2.24, 2.45) is 0 Å². The number of pyridine rings is 1. The molecule has 1 saturated heterocycles. The summed E-state index contributed by atoms with van der Waals surface area (Å²) in [5.74, 6) is 0.990. The number of nitrogens with zero attached hydrogens (tertiary/aromatic N) is 5. The summed E-state index contributed by atoms with van der Waals surface area (Å²) in [4.78, 5) is 23.0. The topological polar surface area (TPSA) is 88.0 Å². The molecule has 150 valence electrons. The molecule has 2 N–H and O–H groups in total. The predicted molar refractivity (Wildman–Crippen MR) is 110 cm³/mol. The van der Waals surface area contributed by atoms with Gasteiger partial charge < -0.3 is 15.5 Å². The summed E-state index contributed by atoms with van der Waals surface area (Å²) in [5, 5.41) is 10.0. The highest BCUT2D eigenvalue weighted by molar-refractivity contribution is 5.73. The van der Waals surface area contributed by atoms with Crippen molar-refractivity contribution >= 4 is 11.8 Å². The van der Waals surface area contributed by atoms with Crippen molar-refractivity contribution < 1.29 is 4.79 Å². The number of nitrogens with one attached hydrogen (secondary N) is 2. The number of rotatable bonds is 7. The van der Waals surface area contributed by atoms with Crippen LogP contribution in [0.25, 0.3) is 0 Å². The second kappa shape index (κ2) is 9.18. The summed E-state index contributed by atoms with van der Waals surface area (Å²) >= 11 is 0. The first-order valence-electron chi connectivity index (χ1n) is 9.89. The molecule has 2 aromatic heterocycles. The van der Waals surface area contributed by atoms with Gasteiger partial charge in [0, 0.05) is 32.4 Å². The molecule has 8 heteroatoms. The van der Waals surface area contributed by atoms with Crippen molar-refractivity contribution in [1.29, 1.82) is 0 Å². The molecular weight excluding hydrogens is 366 g/mol. The van der Waals surface area contributed by atoms with Gasteiger partial charge in [-0.05, 0) is 41.7 Å². The van der Waals surface area contributed by atoms with Crippen LogP contribution in [0.5, 0.6) is 0 Å². The van der Waals surface area contributed by atoms with Crippen molar-refractivity contribution in [3.8, 4) is 0 Å². The van der Waals surface area contributed by atoms with Crippen LogP contribution in [0.1, 0.15) is 29.5 Å². The minimum absolute atomic E-state index is 0.194. The Labute approximate surface area is 170 Å². The van der Waals surface area contributed by atoms with Gasteiger partial charge in [-0.3, -0.25) is 0 Å². The fourth-order valence-corrected chi connectivity index (χ4v) is 3.48. The van der Waals surface area contributed by atoms with Crippen molar-refractivity contribution in [2.45, 2.75) is 32.5 Å². The molecule has 0 unspecified atom stereocenters. The van der Waals surface area contributed by atoms with E-state index in [-0.39, 0.29) is 6.03 Å². The lowest BCUT2D eigenvalue weighted by molar-refractivity contribution is 0.240. The van der Waals surface area contributed by atoms with Gasteiger partial charge in [0.1, 0.15) is 18.5 Å². The Hall–Kier alpha value is -3.42. The highest BCUT2D eigenvalue weighted by Crippen LogP contribution is 2.18. The van der Waals surface area contributed by atoms with Gasteiger partial charge >= 0.3 is 6.03 Å². The predicted octanol–water partition coefficient (Wildman–Crippen LogP) is 2.32. The SMILES string of the molecule is O=C(NCc1ccnc(N2CCCC2)c1)NCc1ccccc1Cn1cncn1. The van der Waals surface area contributed by atoms with E-state index < -0.39 is 0 Å². The quantitative estimate of drug-likeness (QED) is 0.645. The summed E-state index contributed by atoms with van der Waals surface area (Å²) in [6.45, 7) is 3.65. The maximum atomic E-state index is 12.3. The molecule has 0 atom stereocenters. The van der Waals surface area contributed by atoms with Crippen molar-refractivity contribution in [3.05, 3.63) is 71.9 Å². The minimum Gasteiger partial charge on any atom is -0.357 e. The Bertz CT molecular complexity index is 936. The van der Waals surface area contributed by atoms with Crippen LogP contribution in [0, 0.1) is 0 Å². The number of carbonyl (C=O) groups is 1. The number of hydrogen-bond acceptors (Lipinski definition) is 5. The lowest BCUT2D eigenvalue weighted by atomic mass is 10.1. The van der Waals surface area contributed by atoms with Gasteiger partial charge in [0.05, 0.1) is 6.54 Å². The van der Waals surface area contributed by atoms with E-state index in [4.69, 9.17) is 0 Å². The second-order valence-corrected chi connectivity index (χ2v) is 7.11. The standard InChI is InChI=1S/C21H25N7O/c29-21(24-12-17-7-8-23-20(11-17)27-9-3-4-10-27)25-13-18-5-1-2-6-19(18)14-28-16-22-15-26-28/h1-2,5-8,11,15-16H,3-4,9-10,12-14H2,(H2,24,25,29). The zero-order valence-electron chi connectivity index (χ0n) is 16.3. The van der Waals surface area contributed by atoms with Gasteiger partial charge in [-0.15, -0.1) is 0 Å². The molecule has 1 aromatic carbocycles. The number of hydrogen-bond donors (Lipinski definition) is 2. The van der Waals surface area contributed by atoms with Crippen LogP contribution in [-0.2, 0) is 19.6 Å². The number of carbonyl (C=O) groups excluding carboxylic acids is 1. The third kappa shape index (κ3) is 5.10. The van der Waals surface area contributed by atoms with Crippen LogP contribution >= 0.6 is 0 Å². The van der Waals surface area contributed by atoms with Crippen LogP contribution in [0.15, 0.2) is 55.2 Å². The maximum Gasteiger partial charge on any atom is 0.315 e. The van der Waals surface area contributed by atoms with Crippen molar-refractivity contribution in [1.82, 2.24) is 30.4 Å². The Kier molecular flexibility index (Phi) is 5.99. The van der Waals surface area contributed by atoms with Crippen LogP contribution in [0.3, 0.4) is 0 Å². The summed E-state index contributed by atoms with van der Waals surface area (Å²) in [7, 11) is 0. The van der Waals surface area contributed by atoms with E-state index in [1.165, 1.54) is 19.2 Å². The van der Waals surface area contributed by atoms with Gasteiger partial charge in [-0.2, -0.15) is 5.10 Å². The van der Waals surface area contributed by atoms with Gasteiger partial charge in [-0.1, -0.05) is 24.3 Å². The minimum atomic E-state index is -0.194. The van der Waals surface area contributed by atoms with Gasteiger partial charge in [0.2, 0.25) is 0 Å². The van der Waals surface area contributed by atoms with Gasteiger partial charge in [0.25, 0.3) is 0 Å². The smallest absolute Gasteiger partial charge is 0.315 e. The molecule has 3 aromatic rings. The monoisotopic (exact) mass is 391 g/mol. The molecule has 1 aliphatic rings.